The van der Waals surface area contributed by atoms with Crippen LogP contribution < -0.4 is 10.1 Å². The lowest BCUT2D eigenvalue weighted by molar-refractivity contribution is -0.139. The van der Waals surface area contributed by atoms with E-state index >= 15 is 0 Å². The fourth-order valence-corrected chi connectivity index (χ4v) is 2.47. The smallest absolute Gasteiger partial charge is 0.341 e. The van der Waals surface area contributed by atoms with Gasteiger partial charge in [0.15, 0.2) is 6.61 Å². The van der Waals surface area contributed by atoms with Gasteiger partial charge in [-0.2, -0.15) is 0 Å². The van der Waals surface area contributed by atoms with Crippen molar-refractivity contribution in [3.05, 3.63) is 39.8 Å². The van der Waals surface area contributed by atoms with E-state index in [1.807, 2.05) is 19.2 Å². The zero-order valence-electron chi connectivity index (χ0n) is 12.3. The van der Waals surface area contributed by atoms with Gasteiger partial charge in [-0.25, -0.2) is 9.78 Å². The van der Waals surface area contributed by atoms with E-state index in [1.165, 1.54) is 11.3 Å². The van der Waals surface area contributed by atoms with Gasteiger partial charge >= 0.3 is 5.97 Å². The van der Waals surface area contributed by atoms with E-state index in [2.05, 4.69) is 10.3 Å². The van der Waals surface area contributed by atoms with Crippen LogP contribution in [-0.2, 0) is 16.0 Å². The summed E-state index contributed by atoms with van der Waals surface area (Å²) in [6, 6.07) is 5.00. The Labute approximate surface area is 131 Å². The second kappa shape index (κ2) is 7.04. The Bertz CT molecular complexity index is 697. The molecule has 0 saturated heterocycles. The summed E-state index contributed by atoms with van der Waals surface area (Å²) in [4.78, 5) is 26.7. The molecule has 1 aromatic heterocycles. The van der Waals surface area contributed by atoms with Crippen LogP contribution in [0.3, 0.4) is 0 Å². The SMILES string of the molecule is Cc1nc(CC(=O)Nc2ccc(OCC(=O)O)cc2C)cs1. The summed E-state index contributed by atoms with van der Waals surface area (Å²) in [5.74, 6) is -0.728. The van der Waals surface area contributed by atoms with Gasteiger partial charge in [-0.1, -0.05) is 0 Å². The zero-order valence-corrected chi connectivity index (χ0v) is 13.1. The van der Waals surface area contributed by atoms with Crippen molar-refractivity contribution in [2.45, 2.75) is 20.3 Å². The minimum absolute atomic E-state index is 0.146. The van der Waals surface area contributed by atoms with Crippen molar-refractivity contribution in [3.63, 3.8) is 0 Å². The molecule has 2 N–H and O–H groups in total. The van der Waals surface area contributed by atoms with Gasteiger partial charge < -0.3 is 15.2 Å². The average molecular weight is 320 g/mol. The maximum Gasteiger partial charge on any atom is 0.341 e. The highest BCUT2D eigenvalue weighted by Crippen LogP contribution is 2.21. The van der Waals surface area contributed by atoms with Crippen molar-refractivity contribution in [1.29, 1.82) is 0 Å². The molecule has 2 aromatic rings. The van der Waals surface area contributed by atoms with E-state index in [-0.39, 0.29) is 12.3 Å². The number of nitrogens with one attached hydrogen (secondary N) is 1. The van der Waals surface area contributed by atoms with Crippen LogP contribution in [0.5, 0.6) is 5.75 Å². The van der Waals surface area contributed by atoms with Crippen molar-refractivity contribution >= 4 is 28.9 Å². The Balaban J connectivity index is 1.97. The normalized spacial score (nSPS) is 10.3. The summed E-state index contributed by atoms with van der Waals surface area (Å²) in [5.41, 5.74) is 2.21. The number of carbonyl (C=O) groups is 2. The van der Waals surface area contributed by atoms with Crippen molar-refractivity contribution < 1.29 is 19.4 Å². The summed E-state index contributed by atoms with van der Waals surface area (Å²) in [7, 11) is 0. The zero-order chi connectivity index (χ0) is 16.1. The highest BCUT2D eigenvalue weighted by Gasteiger charge is 2.09. The quantitative estimate of drug-likeness (QED) is 0.853. The lowest BCUT2D eigenvalue weighted by Gasteiger charge is -2.10. The number of aromatic nitrogens is 1. The first kappa shape index (κ1) is 16.0. The molecule has 0 bridgehead atoms. The summed E-state index contributed by atoms with van der Waals surface area (Å²) >= 11 is 1.51. The van der Waals surface area contributed by atoms with E-state index in [0.29, 0.717) is 11.4 Å². The predicted molar refractivity (Wildman–Crippen MR) is 83.5 cm³/mol. The van der Waals surface area contributed by atoms with Crippen molar-refractivity contribution in [1.82, 2.24) is 4.98 Å². The van der Waals surface area contributed by atoms with Crippen LogP contribution in [0, 0.1) is 13.8 Å². The number of carboxylic acid groups (broad SMARTS) is 1. The van der Waals surface area contributed by atoms with Crippen LogP contribution in [0.4, 0.5) is 5.69 Å². The number of carbonyl (C=O) groups excluding carboxylic acids is 1. The molecule has 0 saturated carbocycles. The Morgan fingerprint density at radius 3 is 2.73 bits per heavy atom. The number of aliphatic carboxylic acids is 1. The second-order valence-electron chi connectivity index (χ2n) is 4.74. The van der Waals surface area contributed by atoms with Crippen molar-refractivity contribution in [2.24, 2.45) is 0 Å². The van der Waals surface area contributed by atoms with Crippen molar-refractivity contribution in [3.8, 4) is 5.75 Å². The fourth-order valence-electron chi connectivity index (χ4n) is 1.86. The largest absolute Gasteiger partial charge is 0.482 e. The third kappa shape index (κ3) is 4.56. The molecular weight excluding hydrogens is 304 g/mol. The lowest BCUT2D eigenvalue weighted by atomic mass is 10.2. The number of anilines is 1. The second-order valence-corrected chi connectivity index (χ2v) is 5.80. The first-order chi connectivity index (χ1) is 10.4. The van der Waals surface area contributed by atoms with E-state index in [0.717, 1.165) is 16.3 Å². The molecule has 0 radical (unpaired) electrons. The van der Waals surface area contributed by atoms with Crippen LogP contribution in [-0.4, -0.2) is 28.6 Å². The first-order valence-corrected chi connectivity index (χ1v) is 7.48. The summed E-state index contributed by atoms with van der Waals surface area (Å²) < 4.78 is 5.09. The fraction of sp³-hybridized carbons (Fsp3) is 0.267. The van der Waals surface area contributed by atoms with Gasteiger partial charge in [-0.05, 0) is 37.6 Å². The molecule has 22 heavy (non-hydrogen) atoms. The standard InChI is InChI=1S/C15H16N2O4S/c1-9-5-12(21-7-15(19)20)3-4-13(9)17-14(18)6-11-8-22-10(2)16-11/h3-5,8H,6-7H2,1-2H3,(H,17,18)(H,19,20). The molecule has 2 rings (SSSR count). The molecule has 0 aliphatic rings. The van der Waals surface area contributed by atoms with Gasteiger partial charge in [0.1, 0.15) is 5.75 Å². The minimum atomic E-state index is -1.03. The molecule has 116 valence electrons. The van der Waals surface area contributed by atoms with Crippen LogP contribution >= 0.6 is 11.3 Å². The number of aryl methyl sites for hydroxylation is 2. The number of hydrogen-bond acceptors (Lipinski definition) is 5. The maximum atomic E-state index is 12.0. The minimum Gasteiger partial charge on any atom is -0.482 e. The van der Waals surface area contributed by atoms with Gasteiger partial charge in [-0.15, -0.1) is 11.3 Å². The van der Waals surface area contributed by atoms with Gasteiger partial charge in [0.25, 0.3) is 0 Å². The molecule has 7 heteroatoms. The summed E-state index contributed by atoms with van der Waals surface area (Å²) in [6.45, 7) is 3.32. The van der Waals surface area contributed by atoms with E-state index in [4.69, 9.17) is 9.84 Å². The van der Waals surface area contributed by atoms with Crippen molar-refractivity contribution in [2.75, 3.05) is 11.9 Å². The molecule has 0 aliphatic carbocycles. The Morgan fingerprint density at radius 1 is 1.36 bits per heavy atom. The first-order valence-electron chi connectivity index (χ1n) is 6.60. The molecule has 0 spiro atoms. The number of carboxylic acids is 1. The number of hydrogen-bond donors (Lipinski definition) is 2. The number of thiazole rings is 1. The Morgan fingerprint density at radius 2 is 2.14 bits per heavy atom. The predicted octanol–water partition coefficient (Wildman–Crippen LogP) is 2.40. The van der Waals surface area contributed by atoms with Crippen LogP contribution in [0.2, 0.25) is 0 Å². The molecule has 6 nitrogen and oxygen atoms in total. The highest BCUT2D eigenvalue weighted by molar-refractivity contribution is 7.09. The van der Waals surface area contributed by atoms with E-state index in [1.54, 1.807) is 18.2 Å². The number of amides is 1. The highest BCUT2D eigenvalue weighted by atomic mass is 32.1. The van der Waals surface area contributed by atoms with E-state index < -0.39 is 12.6 Å². The molecule has 0 aliphatic heterocycles. The summed E-state index contributed by atoms with van der Waals surface area (Å²) in [6.07, 6.45) is 0.223. The number of benzene rings is 1. The maximum absolute atomic E-state index is 12.0. The van der Waals surface area contributed by atoms with Gasteiger partial charge in [-0.3, -0.25) is 4.79 Å². The molecule has 0 atom stereocenters. The third-order valence-corrected chi connectivity index (χ3v) is 3.66. The lowest BCUT2D eigenvalue weighted by Crippen LogP contribution is -2.15. The molecule has 0 fully saturated rings. The molecular formula is C15H16N2O4S. The molecule has 1 aromatic carbocycles. The Hall–Kier alpha value is -2.41. The number of rotatable bonds is 6. The molecule has 1 amide bonds. The Kier molecular flexibility index (Phi) is 5.11. The van der Waals surface area contributed by atoms with Gasteiger partial charge in [0.05, 0.1) is 17.1 Å². The van der Waals surface area contributed by atoms with Crippen LogP contribution in [0.25, 0.3) is 0 Å². The van der Waals surface area contributed by atoms with Crippen LogP contribution in [0.15, 0.2) is 23.6 Å². The number of ether oxygens (including phenoxy) is 1. The van der Waals surface area contributed by atoms with Gasteiger partial charge in [0.2, 0.25) is 5.91 Å². The average Bonchev–Trinajstić information content (AvgIpc) is 2.84. The van der Waals surface area contributed by atoms with Gasteiger partial charge in [0, 0.05) is 11.1 Å². The number of nitrogens with zero attached hydrogens (tertiary/aromatic N) is 1. The summed E-state index contributed by atoms with van der Waals surface area (Å²) in [5, 5.41) is 14.2. The molecule has 0 unspecified atom stereocenters. The van der Waals surface area contributed by atoms with E-state index in [9.17, 15) is 9.59 Å². The van der Waals surface area contributed by atoms with Crippen LogP contribution in [0.1, 0.15) is 16.3 Å². The monoisotopic (exact) mass is 320 g/mol. The topological polar surface area (TPSA) is 88.5 Å². The third-order valence-electron chi connectivity index (χ3n) is 2.84. The molecule has 1 heterocycles.